The number of aryl methyl sites for hydroxylation is 1. The molecule has 2 aromatic carbocycles. The van der Waals surface area contributed by atoms with Crippen LogP contribution in [0.15, 0.2) is 48.6 Å². The molecule has 2 aliphatic rings. The molecule has 12 heteroatoms. The highest BCUT2D eigenvalue weighted by Gasteiger charge is 2.52. The Morgan fingerprint density at radius 2 is 1.84 bits per heavy atom. The molecule has 0 aliphatic carbocycles. The number of ether oxygens (including phenoxy) is 2. The normalized spacial score (nSPS) is 22.0. The van der Waals surface area contributed by atoms with Crippen molar-refractivity contribution >= 4 is 28.8 Å². The third kappa shape index (κ3) is 7.22. The summed E-state index contributed by atoms with van der Waals surface area (Å²) in [5.74, 6) is -0.888. The van der Waals surface area contributed by atoms with Gasteiger partial charge >= 0.3 is 12.0 Å². The first-order valence-corrected chi connectivity index (χ1v) is 15.1. The number of hydrogen-bond acceptors (Lipinski definition) is 7. The van der Waals surface area contributed by atoms with Gasteiger partial charge in [-0.15, -0.1) is 0 Å². The molecule has 1 radical (unpaired) electrons. The lowest BCUT2D eigenvalue weighted by atomic mass is 10.1. The lowest BCUT2D eigenvalue weighted by Gasteiger charge is -2.20. The highest BCUT2D eigenvalue weighted by molar-refractivity contribution is 5.92. The van der Waals surface area contributed by atoms with Crippen molar-refractivity contribution in [2.75, 3.05) is 27.2 Å². The van der Waals surface area contributed by atoms with Gasteiger partial charge in [0.25, 0.3) is 5.91 Å². The number of aromatic nitrogens is 2. The Hall–Kier alpha value is -4.58. The number of rotatable bonds is 5. The monoisotopic (exact) mass is 619 g/mol. The first-order chi connectivity index (χ1) is 21.7. The largest absolute Gasteiger partial charge is 0.496 e. The Morgan fingerprint density at radius 1 is 1.09 bits per heavy atom. The number of carboxylic acids is 1. The molecule has 3 atom stereocenters. The molecule has 1 saturated heterocycles. The van der Waals surface area contributed by atoms with Crippen molar-refractivity contribution in [2.45, 2.75) is 63.6 Å². The standard InChI is InChI=1S/C33H38FN5O6/c1-20-27(44-3)16-15-24-28(20)36-29(21-11-13-22(34)14-12-21)37-31(24)45-23-18-26-30(40)35-25(32(41)42)10-8-6-4-5-7-9-17-38(2)33(43)39(26)19-23/h4,6,11-16,23,25-26H,5,7-10,17-19H2,1-3H3,(H,35,40)(H,41,42)/q+1. The van der Waals surface area contributed by atoms with Crippen LogP contribution in [0.2, 0.25) is 0 Å². The van der Waals surface area contributed by atoms with Crippen LogP contribution in [0.5, 0.6) is 11.6 Å². The van der Waals surface area contributed by atoms with Gasteiger partial charge in [-0.3, -0.25) is 9.69 Å². The van der Waals surface area contributed by atoms with Gasteiger partial charge in [-0.05, 0) is 75.4 Å². The maximum atomic E-state index is 13.7. The summed E-state index contributed by atoms with van der Waals surface area (Å²) < 4.78 is 25.7. The van der Waals surface area contributed by atoms with Gasteiger partial charge in [0.15, 0.2) is 18.5 Å². The van der Waals surface area contributed by atoms with Gasteiger partial charge in [0.05, 0.1) is 24.4 Å². The lowest BCUT2D eigenvalue weighted by Crippen LogP contribution is -2.56. The van der Waals surface area contributed by atoms with E-state index in [-0.39, 0.29) is 31.3 Å². The van der Waals surface area contributed by atoms with E-state index >= 15 is 0 Å². The first-order valence-electron chi connectivity index (χ1n) is 15.1. The van der Waals surface area contributed by atoms with Crippen molar-refractivity contribution in [1.82, 2.24) is 25.1 Å². The first kappa shape index (κ1) is 31.8. The van der Waals surface area contributed by atoms with E-state index in [4.69, 9.17) is 19.4 Å². The molecule has 237 valence electrons. The van der Waals surface area contributed by atoms with E-state index in [1.807, 2.05) is 19.1 Å². The van der Waals surface area contributed by atoms with Crippen LogP contribution in [0.4, 0.5) is 9.18 Å². The van der Waals surface area contributed by atoms with E-state index in [1.54, 1.807) is 43.3 Å². The molecule has 0 spiro atoms. The predicted molar refractivity (Wildman–Crippen MR) is 166 cm³/mol. The fourth-order valence-corrected chi connectivity index (χ4v) is 5.78. The van der Waals surface area contributed by atoms with Gasteiger partial charge in [-0.1, -0.05) is 17.1 Å². The molecule has 1 aromatic heterocycles. The number of nitrogens with zero attached hydrogens (tertiary/aromatic N) is 4. The van der Waals surface area contributed by atoms with Crippen LogP contribution in [0.25, 0.3) is 22.3 Å². The number of benzene rings is 2. The van der Waals surface area contributed by atoms with Gasteiger partial charge in [0.1, 0.15) is 17.6 Å². The van der Waals surface area contributed by atoms with E-state index in [1.165, 1.54) is 17.0 Å². The smallest absolute Gasteiger partial charge is 0.467 e. The van der Waals surface area contributed by atoms with Crippen LogP contribution in [0.1, 0.15) is 44.1 Å². The lowest BCUT2D eigenvalue weighted by molar-refractivity contribution is -0.142. The number of carbonyl (C=O) groups excluding carboxylic acids is 2. The molecule has 3 unspecified atom stereocenters. The van der Waals surface area contributed by atoms with Gasteiger partial charge in [0.2, 0.25) is 11.9 Å². The average Bonchev–Trinajstić information content (AvgIpc) is 3.45. The summed E-state index contributed by atoms with van der Waals surface area (Å²) in [5, 5.41) is 13.0. The van der Waals surface area contributed by atoms with Crippen LogP contribution in [-0.4, -0.2) is 83.3 Å². The molecule has 3 heterocycles. The summed E-state index contributed by atoms with van der Waals surface area (Å²) in [6, 6.07) is 7.01. The molecular weight excluding hydrogens is 581 g/mol. The number of carboxylic acid groups (broad SMARTS) is 1. The average molecular weight is 620 g/mol. The Bertz CT molecular complexity index is 1600. The molecule has 3 amide bonds. The zero-order chi connectivity index (χ0) is 32.1. The number of hydrogen-bond donors (Lipinski definition) is 2. The summed E-state index contributed by atoms with van der Waals surface area (Å²) in [5.41, 5.74) is 1.92. The van der Waals surface area contributed by atoms with Gasteiger partial charge in [-0.25, -0.2) is 19.0 Å². The minimum absolute atomic E-state index is 0.0903. The molecular formula is C33H38FN5O6+. The zero-order valence-corrected chi connectivity index (χ0v) is 25.7. The number of methoxy groups -OCH3 is 1. The number of fused-ring (bicyclic) bond motifs is 2. The second-order valence-electron chi connectivity index (χ2n) is 11.4. The van der Waals surface area contributed by atoms with E-state index in [9.17, 15) is 23.9 Å². The van der Waals surface area contributed by atoms with Crippen LogP contribution in [-0.2, 0) is 9.59 Å². The third-order valence-electron chi connectivity index (χ3n) is 8.29. The van der Waals surface area contributed by atoms with Crippen LogP contribution in [0.3, 0.4) is 0 Å². The molecule has 1 fully saturated rings. The van der Waals surface area contributed by atoms with Crippen molar-refractivity contribution < 1.29 is 33.4 Å². The maximum absolute atomic E-state index is 13.7. The Balaban J connectivity index is 1.49. The van der Waals surface area contributed by atoms with E-state index in [2.05, 4.69) is 5.32 Å². The molecule has 5 rings (SSSR count). The molecule has 3 aromatic rings. The van der Waals surface area contributed by atoms with Crippen molar-refractivity contribution in [3.05, 3.63) is 59.9 Å². The number of carbonyl (C=O) groups is 3. The van der Waals surface area contributed by atoms with Crippen LogP contribution >= 0.6 is 0 Å². The SMILES string of the molecule is COc1ccc2c(OC3CC4C(=O)NC(C(=O)O)CCC=CCCCCN(C)C(=O)[N+]4C3)nc(-c3ccc(F)cc3)nc2c1C. The fourth-order valence-electron chi connectivity index (χ4n) is 5.78. The van der Waals surface area contributed by atoms with Crippen molar-refractivity contribution in [3.8, 4) is 23.0 Å². The minimum atomic E-state index is -1.13. The third-order valence-corrected chi connectivity index (χ3v) is 8.29. The number of nitrogens with one attached hydrogen (secondary N) is 1. The molecule has 0 bridgehead atoms. The summed E-state index contributed by atoms with van der Waals surface area (Å²) in [7, 11) is 3.26. The van der Waals surface area contributed by atoms with Gasteiger partial charge in [0, 0.05) is 24.7 Å². The summed E-state index contributed by atoms with van der Waals surface area (Å²) in [4.78, 5) is 51.7. The van der Waals surface area contributed by atoms with E-state index in [0.29, 0.717) is 41.0 Å². The predicted octanol–water partition coefficient (Wildman–Crippen LogP) is 4.55. The highest BCUT2D eigenvalue weighted by Crippen LogP contribution is 2.34. The van der Waals surface area contributed by atoms with Gasteiger partial charge < -0.3 is 19.9 Å². The van der Waals surface area contributed by atoms with Crippen molar-refractivity contribution in [1.29, 1.82) is 0 Å². The zero-order valence-electron chi connectivity index (χ0n) is 25.7. The van der Waals surface area contributed by atoms with Gasteiger partial charge in [-0.2, -0.15) is 4.98 Å². The van der Waals surface area contributed by atoms with Crippen LogP contribution < -0.4 is 19.7 Å². The molecule has 11 nitrogen and oxygen atoms in total. The summed E-state index contributed by atoms with van der Waals surface area (Å²) >= 11 is 0. The van der Waals surface area contributed by atoms with Crippen molar-refractivity contribution in [2.24, 2.45) is 0 Å². The van der Waals surface area contributed by atoms with E-state index in [0.717, 1.165) is 24.8 Å². The molecule has 0 saturated carbocycles. The number of aliphatic carboxylic acids is 1. The number of amides is 3. The second-order valence-corrected chi connectivity index (χ2v) is 11.4. The number of urea groups is 1. The second kappa shape index (κ2) is 14.0. The molecule has 2 N–H and O–H groups in total. The quantitative estimate of drug-likeness (QED) is 0.314. The number of allylic oxidation sites excluding steroid dienone is 2. The highest BCUT2D eigenvalue weighted by atomic mass is 19.1. The van der Waals surface area contributed by atoms with Crippen molar-refractivity contribution in [3.63, 3.8) is 0 Å². The maximum Gasteiger partial charge on any atom is 0.467 e. The summed E-state index contributed by atoms with van der Waals surface area (Å²) in [6.45, 7) is 2.47. The fraction of sp³-hybridized carbons (Fsp3) is 0.424. The molecule has 2 aliphatic heterocycles. The Kier molecular flexibility index (Phi) is 9.92. The molecule has 45 heavy (non-hydrogen) atoms. The van der Waals surface area contributed by atoms with Crippen LogP contribution in [0, 0.1) is 12.7 Å². The Labute approximate surface area is 261 Å². The Morgan fingerprint density at radius 3 is 2.58 bits per heavy atom. The summed E-state index contributed by atoms with van der Waals surface area (Å²) in [6.07, 6.45) is 6.68. The topological polar surface area (TPSA) is 137 Å². The number of halogens is 1. The van der Waals surface area contributed by atoms with E-state index < -0.39 is 35.9 Å². The minimum Gasteiger partial charge on any atom is -0.496 e.